The van der Waals surface area contributed by atoms with E-state index in [1.807, 2.05) is 19.1 Å². The SMILES string of the molecule is COC(=O)C(C)C1=CCc2cc(O)ccc21. The zero-order chi connectivity index (χ0) is 11.7. The van der Waals surface area contributed by atoms with Crippen LogP contribution in [0.4, 0.5) is 0 Å². The predicted molar refractivity (Wildman–Crippen MR) is 61.0 cm³/mol. The van der Waals surface area contributed by atoms with Gasteiger partial charge in [0.15, 0.2) is 0 Å². The highest BCUT2D eigenvalue weighted by molar-refractivity contribution is 5.90. The number of methoxy groups -OCH3 is 1. The molecule has 1 N–H and O–H groups in total. The molecule has 0 spiro atoms. The predicted octanol–water partition coefficient (Wildman–Crippen LogP) is 2.14. The number of ether oxygens (including phenoxy) is 1. The zero-order valence-corrected chi connectivity index (χ0v) is 9.36. The van der Waals surface area contributed by atoms with Gasteiger partial charge in [0.1, 0.15) is 5.75 Å². The monoisotopic (exact) mass is 218 g/mol. The summed E-state index contributed by atoms with van der Waals surface area (Å²) in [5.74, 6) is -0.220. The van der Waals surface area contributed by atoms with Crippen molar-refractivity contribution in [3.8, 4) is 5.75 Å². The first-order chi connectivity index (χ1) is 7.63. The number of aromatic hydroxyl groups is 1. The molecule has 2 rings (SSSR count). The van der Waals surface area contributed by atoms with E-state index in [1.165, 1.54) is 7.11 Å². The highest BCUT2D eigenvalue weighted by atomic mass is 16.5. The molecule has 84 valence electrons. The van der Waals surface area contributed by atoms with Gasteiger partial charge in [-0.15, -0.1) is 0 Å². The van der Waals surface area contributed by atoms with Crippen molar-refractivity contribution < 1.29 is 14.6 Å². The minimum atomic E-state index is -0.254. The van der Waals surface area contributed by atoms with Crippen molar-refractivity contribution in [2.75, 3.05) is 7.11 Å². The molecule has 0 fully saturated rings. The molecule has 0 amide bonds. The van der Waals surface area contributed by atoms with Crippen LogP contribution in [0.5, 0.6) is 5.75 Å². The molecule has 1 aromatic rings. The van der Waals surface area contributed by atoms with E-state index in [0.29, 0.717) is 0 Å². The summed E-state index contributed by atoms with van der Waals surface area (Å²) in [6, 6.07) is 5.23. The van der Waals surface area contributed by atoms with Gasteiger partial charge in [-0.25, -0.2) is 0 Å². The van der Waals surface area contributed by atoms with Crippen molar-refractivity contribution in [3.63, 3.8) is 0 Å². The quantitative estimate of drug-likeness (QED) is 0.773. The minimum Gasteiger partial charge on any atom is -0.508 e. The second-order valence-corrected chi connectivity index (χ2v) is 3.95. The first kappa shape index (κ1) is 10.7. The maximum atomic E-state index is 11.5. The Morgan fingerprint density at radius 2 is 2.25 bits per heavy atom. The van der Waals surface area contributed by atoms with Crippen LogP contribution in [0.25, 0.3) is 5.57 Å². The van der Waals surface area contributed by atoms with E-state index in [9.17, 15) is 9.90 Å². The van der Waals surface area contributed by atoms with Crippen LogP contribution in [0, 0.1) is 5.92 Å². The lowest BCUT2D eigenvalue weighted by molar-refractivity contribution is -0.142. The molecule has 3 nitrogen and oxygen atoms in total. The second-order valence-electron chi connectivity index (χ2n) is 3.95. The number of hydrogen-bond donors (Lipinski definition) is 1. The number of allylic oxidation sites excluding steroid dienone is 1. The first-order valence-corrected chi connectivity index (χ1v) is 5.23. The summed E-state index contributed by atoms with van der Waals surface area (Å²) >= 11 is 0. The lowest BCUT2D eigenvalue weighted by Gasteiger charge is -2.12. The molecule has 0 radical (unpaired) electrons. The molecular weight excluding hydrogens is 204 g/mol. The highest BCUT2D eigenvalue weighted by Gasteiger charge is 2.24. The van der Waals surface area contributed by atoms with E-state index in [2.05, 4.69) is 0 Å². The van der Waals surface area contributed by atoms with Crippen LogP contribution in [0.15, 0.2) is 24.3 Å². The maximum absolute atomic E-state index is 11.5. The van der Waals surface area contributed by atoms with Crippen molar-refractivity contribution >= 4 is 11.5 Å². The Hall–Kier alpha value is -1.77. The molecule has 0 heterocycles. The van der Waals surface area contributed by atoms with Gasteiger partial charge in [-0.3, -0.25) is 4.79 Å². The number of carbonyl (C=O) groups is 1. The van der Waals surface area contributed by atoms with Crippen LogP contribution in [0.1, 0.15) is 18.1 Å². The fraction of sp³-hybridized carbons (Fsp3) is 0.308. The van der Waals surface area contributed by atoms with Gasteiger partial charge in [0.2, 0.25) is 0 Å². The van der Waals surface area contributed by atoms with Gasteiger partial charge in [0.25, 0.3) is 0 Å². The van der Waals surface area contributed by atoms with Crippen molar-refractivity contribution in [1.29, 1.82) is 0 Å². The summed E-state index contributed by atoms with van der Waals surface area (Å²) in [4.78, 5) is 11.5. The number of esters is 1. The van der Waals surface area contributed by atoms with E-state index < -0.39 is 0 Å². The topological polar surface area (TPSA) is 46.5 Å². The molecule has 0 bridgehead atoms. The van der Waals surface area contributed by atoms with Gasteiger partial charge < -0.3 is 9.84 Å². The average molecular weight is 218 g/mol. The molecule has 0 aliphatic heterocycles. The Labute approximate surface area is 94.4 Å². The number of phenols is 1. The van der Waals surface area contributed by atoms with Crippen LogP contribution in [0.3, 0.4) is 0 Å². The lowest BCUT2D eigenvalue weighted by atomic mass is 9.95. The van der Waals surface area contributed by atoms with Crippen molar-refractivity contribution in [2.45, 2.75) is 13.3 Å². The number of hydrogen-bond acceptors (Lipinski definition) is 3. The summed E-state index contributed by atoms with van der Waals surface area (Å²) < 4.78 is 4.73. The Morgan fingerprint density at radius 3 is 2.94 bits per heavy atom. The number of carbonyl (C=O) groups excluding carboxylic acids is 1. The minimum absolute atomic E-state index is 0.229. The largest absolute Gasteiger partial charge is 0.508 e. The van der Waals surface area contributed by atoms with E-state index in [-0.39, 0.29) is 17.6 Å². The number of phenolic OH excluding ortho intramolecular Hbond substituents is 1. The van der Waals surface area contributed by atoms with E-state index in [0.717, 1.165) is 23.1 Å². The second kappa shape index (κ2) is 4.00. The van der Waals surface area contributed by atoms with Gasteiger partial charge in [0, 0.05) is 0 Å². The van der Waals surface area contributed by atoms with Crippen molar-refractivity contribution in [2.24, 2.45) is 5.92 Å². The molecule has 0 saturated carbocycles. The van der Waals surface area contributed by atoms with Gasteiger partial charge in [-0.05, 0) is 42.2 Å². The molecule has 0 saturated heterocycles. The third kappa shape index (κ3) is 1.69. The molecule has 0 aromatic heterocycles. The van der Waals surface area contributed by atoms with Crippen LogP contribution < -0.4 is 0 Å². The Bertz CT molecular complexity index is 460. The molecule has 3 heteroatoms. The van der Waals surface area contributed by atoms with Gasteiger partial charge in [0.05, 0.1) is 13.0 Å². The van der Waals surface area contributed by atoms with Crippen LogP contribution in [-0.2, 0) is 16.0 Å². The van der Waals surface area contributed by atoms with E-state index in [1.54, 1.807) is 12.1 Å². The maximum Gasteiger partial charge on any atom is 0.312 e. The normalized spacial score (nSPS) is 15.2. The van der Waals surface area contributed by atoms with Crippen LogP contribution in [-0.4, -0.2) is 18.2 Å². The third-order valence-corrected chi connectivity index (χ3v) is 2.96. The van der Waals surface area contributed by atoms with Gasteiger partial charge >= 0.3 is 5.97 Å². The summed E-state index contributed by atoms with van der Waals surface area (Å²) in [6.45, 7) is 1.83. The Kier molecular flexibility index (Phi) is 2.69. The number of rotatable bonds is 2. The Balaban J connectivity index is 2.32. The van der Waals surface area contributed by atoms with Crippen LogP contribution in [0.2, 0.25) is 0 Å². The third-order valence-electron chi connectivity index (χ3n) is 2.96. The number of benzene rings is 1. The van der Waals surface area contributed by atoms with E-state index in [4.69, 9.17) is 4.74 Å². The van der Waals surface area contributed by atoms with Crippen molar-refractivity contribution in [3.05, 3.63) is 35.4 Å². The first-order valence-electron chi connectivity index (χ1n) is 5.23. The lowest BCUT2D eigenvalue weighted by Crippen LogP contribution is -2.13. The zero-order valence-electron chi connectivity index (χ0n) is 9.36. The van der Waals surface area contributed by atoms with Gasteiger partial charge in [-0.1, -0.05) is 12.1 Å². The summed E-state index contributed by atoms with van der Waals surface area (Å²) in [5.41, 5.74) is 3.09. The standard InChI is InChI=1S/C13H14O3/c1-8(13(15)16-2)11-5-3-9-7-10(14)4-6-12(9)11/h4-8,14H,3H2,1-2H3. The Morgan fingerprint density at radius 1 is 1.50 bits per heavy atom. The highest BCUT2D eigenvalue weighted by Crippen LogP contribution is 2.34. The van der Waals surface area contributed by atoms with Gasteiger partial charge in [-0.2, -0.15) is 0 Å². The fourth-order valence-corrected chi connectivity index (χ4v) is 2.07. The fourth-order valence-electron chi connectivity index (χ4n) is 2.07. The molecular formula is C13H14O3. The molecule has 1 aliphatic carbocycles. The van der Waals surface area contributed by atoms with Crippen LogP contribution >= 0.6 is 0 Å². The molecule has 1 unspecified atom stereocenters. The summed E-state index contributed by atoms with van der Waals surface area (Å²) in [5, 5.41) is 9.36. The number of fused-ring (bicyclic) bond motifs is 1. The molecule has 1 atom stereocenters. The van der Waals surface area contributed by atoms with E-state index >= 15 is 0 Å². The molecule has 16 heavy (non-hydrogen) atoms. The smallest absolute Gasteiger partial charge is 0.312 e. The van der Waals surface area contributed by atoms with Crippen molar-refractivity contribution in [1.82, 2.24) is 0 Å². The molecule has 1 aliphatic rings. The molecule has 1 aromatic carbocycles. The summed E-state index contributed by atoms with van der Waals surface area (Å²) in [7, 11) is 1.39. The average Bonchev–Trinajstić information content (AvgIpc) is 2.69. The summed E-state index contributed by atoms with van der Waals surface area (Å²) in [6.07, 6.45) is 2.78.